The zero-order chi connectivity index (χ0) is 17.5. The molecule has 3 aliphatic carbocycles. The molecule has 5 nitrogen and oxygen atoms in total. The number of amides is 2. The number of nitrogens with one attached hydrogen (secondary N) is 2. The van der Waals surface area contributed by atoms with Crippen molar-refractivity contribution in [3.8, 4) is 5.69 Å². The molecule has 1 aromatic carbocycles. The summed E-state index contributed by atoms with van der Waals surface area (Å²) in [5.74, 6) is 3.43. The number of nitrogens with zero attached hydrogens (tertiary/aromatic N) is 2. The molecular formula is C21H26N4O. The monoisotopic (exact) mass is 350 g/mol. The standard InChI is InChI=1S/C21H26N4O/c26-21(24-20-10-15-9-19(20)18-8-4-7-17(15)18)22-11-14-12-23-25(13-14)16-5-2-1-3-6-16/h1-3,5-6,12-13,15,17-20H,4,7-11H2,(H2,22,24,26)/t15-,17-,18-,19+,20-/m1/s1. The van der Waals surface area contributed by atoms with Gasteiger partial charge in [-0.25, -0.2) is 9.48 Å². The minimum absolute atomic E-state index is 0.0374. The number of rotatable bonds is 4. The van der Waals surface area contributed by atoms with E-state index in [0.29, 0.717) is 12.6 Å². The molecule has 0 spiro atoms. The Morgan fingerprint density at radius 2 is 1.96 bits per heavy atom. The molecular weight excluding hydrogens is 324 g/mol. The van der Waals surface area contributed by atoms with E-state index in [1.807, 2.05) is 47.4 Å². The van der Waals surface area contributed by atoms with Crippen LogP contribution in [0.2, 0.25) is 0 Å². The largest absolute Gasteiger partial charge is 0.335 e. The molecule has 1 aromatic heterocycles. The molecule has 5 atom stereocenters. The molecule has 0 saturated heterocycles. The summed E-state index contributed by atoms with van der Waals surface area (Å²) in [7, 11) is 0. The quantitative estimate of drug-likeness (QED) is 0.887. The highest BCUT2D eigenvalue weighted by Crippen LogP contribution is 2.58. The molecule has 2 bridgehead atoms. The zero-order valence-electron chi connectivity index (χ0n) is 15.0. The Kier molecular flexibility index (Phi) is 3.95. The Morgan fingerprint density at radius 1 is 1.12 bits per heavy atom. The van der Waals surface area contributed by atoms with E-state index < -0.39 is 0 Å². The molecule has 26 heavy (non-hydrogen) atoms. The lowest BCUT2D eigenvalue weighted by molar-refractivity contribution is 0.197. The van der Waals surface area contributed by atoms with Crippen molar-refractivity contribution in [1.29, 1.82) is 0 Å². The molecule has 0 radical (unpaired) electrons. The van der Waals surface area contributed by atoms with Crippen molar-refractivity contribution in [1.82, 2.24) is 20.4 Å². The summed E-state index contributed by atoms with van der Waals surface area (Å²) in [6.45, 7) is 0.505. The molecule has 5 rings (SSSR count). The number of para-hydroxylation sites is 1. The third-order valence-electron chi connectivity index (χ3n) is 6.86. The van der Waals surface area contributed by atoms with E-state index in [-0.39, 0.29) is 6.03 Å². The van der Waals surface area contributed by atoms with Crippen molar-refractivity contribution in [2.24, 2.45) is 23.7 Å². The lowest BCUT2D eigenvalue weighted by Crippen LogP contribution is -2.46. The minimum atomic E-state index is -0.0374. The van der Waals surface area contributed by atoms with Gasteiger partial charge in [0.15, 0.2) is 0 Å². The first-order valence-corrected chi connectivity index (χ1v) is 9.91. The Hall–Kier alpha value is -2.30. The van der Waals surface area contributed by atoms with E-state index in [9.17, 15) is 4.79 Å². The Labute approximate surface area is 154 Å². The van der Waals surface area contributed by atoms with E-state index in [2.05, 4.69) is 15.7 Å². The Morgan fingerprint density at radius 3 is 2.85 bits per heavy atom. The predicted molar refractivity (Wildman–Crippen MR) is 99.8 cm³/mol. The van der Waals surface area contributed by atoms with Gasteiger partial charge in [-0.2, -0.15) is 5.10 Å². The third kappa shape index (κ3) is 2.79. The first kappa shape index (κ1) is 15.9. The van der Waals surface area contributed by atoms with Crippen LogP contribution < -0.4 is 10.6 Å². The summed E-state index contributed by atoms with van der Waals surface area (Å²) < 4.78 is 1.84. The van der Waals surface area contributed by atoms with Crippen LogP contribution in [0, 0.1) is 23.7 Å². The van der Waals surface area contributed by atoms with Gasteiger partial charge in [-0.15, -0.1) is 0 Å². The van der Waals surface area contributed by atoms with Gasteiger partial charge in [0.2, 0.25) is 0 Å². The smallest absolute Gasteiger partial charge is 0.315 e. The Bertz CT molecular complexity index is 786. The van der Waals surface area contributed by atoms with Gasteiger partial charge in [-0.3, -0.25) is 0 Å². The number of hydrogen-bond donors (Lipinski definition) is 2. The third-order valence-corrected chi connectivity index (χ3v) is 6.86. The zero-order valence-corrected chi connectivity index (χ0v) is 15.0. The fraction of sp³-hybridized carbons (Fsp3) is 0.524. The van der Waals surface area contributed by atoms with E-state index in [1.165, 1.54) is 32.1 Å². The number of benzene rings is 1. The molecule has 3 aliphatic rings. The van der Waals surface area contributed by atoms with Gasteiger partial charge in [0.25, 0.3) is 0 Å². The van der Waals surface area contributed by atoms with Crippen LogP contribution >= 0.6 is 0 Å². The second-order valence-corrected chi connectivity index (χ2v) is 8.22. The van der Waals surface area contributed by atoms with E-state index in [1.54, 1.807) is 0 Å². The van der Waals surface area contributed by atoms with Crippen molar-refractivity contribution in [3.05, 3.63) is 48.3 Å². The van der Waals surface area contributed by atoms with E-state index in [0.717, 1.165) is 34.9 Å². The highest BCUT2D eigenvalue weighted by Gasteiger charge is 2.54. The maximum atomic E-state index is 12.4. The normalized spacial score (nSPS) is 31.8. The van der Waals surface area contributed by atoms with Crippen LogP contribution in [0.25, 0.3) is 5.69 Å². The molecule has 2 N–H and O–H groups in total. The van der Waals surface area contributed by atoms with Crippen molar-refractivity contribution in [3.63, 3.8) is 0 Å². The average molecular weight is 350 g/mol. The van der Waals surface area contributed by atoms with Gasteiger partial charge in [0, 0.05) is 24.3 Å². The second kappa shape index (κ2) is 6.45. The van der Waals surface area contributed by atoms with Crippen LogP contribution in [0.4, 0.5) is 4.79 Å². The summed E-state index contributed by atoms with van der Waals surface area (Å²) >= 11 is 0. The van der Waals surface area contributed by atoms with Gasteiger partial charge in [0.1, 0.15) is 0 Å². The molecule has 0 unspecified atom stereocenters. The number of aromatic nitrogens is 2. The average Bonchev–Trinajstić information content (AvgIpc) is 3.42. The minimum Gasteiger partial charge on any atom is -0.335 e. The molecule has 5 heteroatoms. The topological polar surface area (TPSA) is 59.0 Å². The summed E-state index contributed by atoms with van der Waals surface area (Å²) in [6.07, 6.45) is 10.5. The molecule has 2 aromatic rings. The second-order valence-electron chi connectivity index (χ2n) is 8.22. The number of hydrogen-bond acceptors (Lipinski definition) is 2. The van der Waals surface area contributed by atoms with Crippen molar-refractivity contribution in [2.45, 2.75) is 44.7 Å². The molecule has 0 aliphatic heterocycles. The number of fused-ring (bicyclic) bond motifs is 5. The summed E-state index contributed by atoms with van der Waals surface area (Å²) in [6, 6.07) is 10.4. The summed E-state index contributed by atoms with van der Waals surface area (Å²) in [5, 5.41) is 10.6. The lowest BCUT2D eigenvalue weighted by atomic mass is 9.79. The fourth-order valence-electron chi connectivity index (χ4n) is 5.81. The van der Waals surface area contributed by atoms with Crippen molar-refractivity contribution >= 4 is 6.03 Å². The van der Waals surface area contributed by atoms with Crippen LogP contribution in [0.15, 0.2) is 42.7 Å². The van der Waals surface area contributed by atoms with Crippen molar-refractivity contribution in [2.75, 3.05) is 0 Å². The maximum Gasteiger partial charge on any atom is 0.315 e. The Balaban J connectivity index is 1.15. The van der Waals surface area contributed by atoms with Crippen LogP contribution in [0.3, 0.4) is 0 Å². The molecule has 1 heterocycles. The molecule has 2 amide bonds. The summed E-state index contributed by atoms with van der Waals surface area (Å²) in [4.78, 5) is 12.4. The van der Waals surface area contributed by atoms with Gasteiger partial charge in [-0.1, -0.05) is 24.6 Å². The predicted octanol–water partition coefficient (Wildman–Crippen LogP) is 3.50. The first-order valence-electron chi connectivity index (χ1n) is 9.91. The van der Waals surface area contributed by atoms with Crippen LogP contribution in [0.1, 0.15) is 37.7 Å². The summed E-state index contributed by atoms with van der Waals surface area (Å²) in [5.41, 5.74) is 2.03. The highest BCUT2D eigenvalue weighted by atomic mass is 16.2. The van der Waals surface area contributed by atoms with E-state index >= 15 is 0 Å². The van der Waals surface area contributed by atoms with Gasteiger partial charge >= 0.3 is 6.03 Å². The molecule has 3 saturated carbocycles. The van der Waals surface area contributed by atoms with Crippen LogP contribution in [0.5, 0.6) is 0 Å². The van der Waals surface area contributed by atoms with E-state index in [4.69, 9.17) is 0 Å². The first-order chi connectivity index (χ1) is 12.8. The molecule has 3 fully saturated rings. The van der Waals surface area contributed by atoms with Crippen LogP contribution in [-0.2, 0) is 6.54 Å². The SMILES string of the molecule is O=C(NCc1cnn(-c2ccccc2)c1)N[C@@H]1C[C@H]2C[C@H]1[C@@H]1CCC[C@H]21. The van der Waals surface area contributed by atoms with Gasteiger partial charge in [0.05, 0.1) is 11.9 Å². The fourth-order valence-corrected chi connectivity index (χ4v) is 5.81. The highest BCUT2D eigenvalue weighted by molar-refractivity contribution is 5.74. The van der Waals surface area contributed by atoms with Crippen molar-refractivity contribution < 1.29 is 4.79 Å². The van der Waals surface area contributed by atoms with Gasteiger partial charge in [-0.05, 0) is 61.5 Å². The number of carbonyl (C=O) groups is 1. The molecule has 136 valence electrons. The van der Waals surface area contributed by atoms with Crippen LogP contribution in [-0.4, -0.2) is 21.9 Å². The van der Waals surface area contributed by atoms with Gasteiger partial charge < -0.3 is 10.6 Å². The number of urea groups is 1. The number of carbonyl (C=O) groups excluding carboxylic acids is 1. The lowest BCUT2D eigenvalue weighted by Gasteiger charge is -2.32. The maximum absolute atomic E-state index is 12.4.